The average molecular weight is 413 g/mol. The number of nitrogens with one attached hydrogen (secondary N) is 2. The summed E-state index contributed by atoms with van der Waals surface area (Å²) in [5.74, 6) is 0.594. The van der Waals surface area contributed by atoms with Crippen LogP contribution in [0.25, 0.3) is 0 Å². The number of hydrogen-bond acceptors (Lipinski definition) is 4. The van der Waals surface area contributed by atoms with Gasteiger partial charge in [0, 0.05) is 32.7 Å². The summed E-state index contributed by atoms with van der Waals surface area (Å²) in [6, 6.07) is 17.3. The Kier molecular flexibility index (Phi) is 9.83. The maximum absolute atomic E-state index is 12.0. The number of amides is 1. The van der Waals surface area contributed by atoms with Crippen molar-refractivity contribution in [1.82, 2.24) is 15.5 Å². The Labute approximate surface area is 178 Å². The van der Waals surface area contributed by atoms with Gasteiger partial charge in [0.2, 0.25) is 0 Å². The largest absolute Gasteiger partial charge is 0.389 e. The van der Waals surface area contributed by atoms with Crippen molar-refractivity contribution < 1.29 is 14.6 Å². The van der Waals surface area contributed by atoms with Crippen LogP contribution in [0.2, 0.25) is 0 Å². The molecule has 0 bridgehead atoms. The Morgan fingerprint density at radius 2 is 1.77 bits per heavy atom. The lowest BCUT2D eigenvalue weighted by molar-refractivity contribution is 0.0308. The quantitative estimate of drug-likeness (QED) is 0.411. The monoisotopic (exact) mass is 412 g/mol. The number of nitrogens with zero attached hydrogens (tertiary/aromatic N) is 2. The van der Waals surface area contributed by atoms with Crippen LogP contribution in [-0.4, -0.2) is 61.8 Å². The van der Waals surface area contributed by atoms with E-state index in [1.807, 2.05) is 49.4 Å². The molecular formula is C23H32N4O3. The topological polar surface area (TPSA) is 86.2 Å². The standard InChI is InChI=1S/C23H32N4O3/c1-4-24-23(25-14-18-10-12-20(13-11-18)22(29)27(2)3)26-15-21(28)17-30-16-19-8-6-5-7-9-19/h5-13,21,28H,4,14-17H2,1-3H3,(H2,24,25,26). The number of aliphatic hydroxyl groups is 1. The molecule has 0 aliphatic carbocycles. The fourth-order valence-corrected chi connectivity index (χ4v) is 2.68. The maximum atomic E-state index is 12.0. The number of aliphatic imine (C=N–C) groups is 1. The first kappa shape index (κ1) is 23.4. The molecule has 1 unspecified atom stereocenters. The van der Waals surface area contributed by atoms with Gasteiger partial charge in [-0.1, -0.05) is 42.5 Å². The third kappa shape index (κ3) is 8.23. The van der Waals surface area contributed by atoms with Gasteiger partial charge in [0.25, 0.3) is 5.91 Å². The molecule has 0 heterocycles. The van der Waals surface area contributed by atoms with E-state index in [1.165, 1.54) is 0 Å². The van der Waals surface area contributed by atoms with Crippen molar-refractivity contribution in [2.75, 3.05) is 33.8 Å². The molecule has 0 fully saturated rings. The first-order chi connectivity index (χ1) is 14.5. The number of guanidine groups is 1. The number of hydrogen-bond donors (Lipinski definition) is 3. The number of aliphatic hydroxyl groups excluding tert-OH is 1. The minimum Gasteiger partial charge on any atom is -0.389 e. The summed E-state index contributed by atoms with van der Waals surface area (Å²) < 4.78 is 5.57. The Hall–Kier alpha value is -2.90. The summed E-state index contributed by atoms with van der Waals surface area (Å²) in [6.45, 7) is 4.20. The fourth-order valence-electron chi connectivity index (χ4n) is 2.68. The van der Waals surface area contributed by atoms with Crippen molar-refractivity contribution in [1.29, 1.82) is 0 Å². The van der Waals surface area contributed by atoms with Crippen LogP contribution in [0.5, 0.6) is 0 Å². The van der Waals surface area contributed by atoms with E-state index in [0.29, 0.717) is 37.8 Å². The van der Waals surface area contributed by atoms with E-state index < -0.39 is 6.10 Å². The van der Waals surface area contributed by atoms with Gasteiger partial charge in [0.15, 0.2) is 5.96 Å². The molecule has 0 spiro atoms. The second-order valence-corrected chi connectivity index (χ2v) is 7.13. The minimum absolute atomic E-state index is 0.0245. The molecule has 1 atom stereocenters. The Bertz CT molecular complexity index is 792. The average Bonchev–Trinajstić information content (AvgIpc) is 2.76. The Morgan fingerprint density at radius 1 is 1.07 bits per heavy atom. The smallest absolute Gasteiger partial charge is 0.253 e. The predicted octanol–water partition coefficient (Wildman–Crippen LogP) is 2.02. The third-order valence-electron chi connectivity index (χ3n) is 4.30. The van der Waals surface area contributed by atoms with Gasteiger partial charge < -0.3 is 25.4 Å². The molecule has 3 N–H and O–H groups in total. The first-order valence-electron chi connectivity index (χ1n) is 10.1. The van der Waals surface area contributed by atoms with Crippen molar-refractivity contribution in [2.24, 2.45) is 4.99 Å². The molecule has 162 valence electrons. The molecule has 0 saturated carbocycles. The van der Waals surface area contributed by atoms with Crippen LogP contribution >= 0.6 is 0 Å². The van der Waals surface area contributed by atoms with Crippen molar-refractivity contribution in [2.45, 2.75) is 26.2 Å². The molecule has 0 aromatic heterocycles. The summed E-state index contributed by atoms with van der Waals surface area (Å²) in [5, 5.41) is 16.4. The SMILES string of the molecule is CCNC(=NCc1ccc(C(=O)N(C)C)cc1)NCC(O)COCc1ccccc1. The zero-order valence-corrected chi connectivity index (χ0v) is 18.0. The highest BCUT2D eigenvalue weighted by molar-refractivity contribution is 5.93. The van der Waals surface area contributed by atoms with Crippen molar-refractivity contribution in [3.8, 4) is 0 Å². The van der Waals surface area contributed by atoms with Crippen molar-refractivity contribution in [3.05, 3.63) is 71.3 Å². The third-order valence-corrected chi connectivity index (χ3v) is 4.30. The highest BCUT2D eigenvalue weighted by Gasteiger charge is 2.08. The number of benzene rings is 2. The lowest BCUT2D eigenvalue weighted by atomic mass is 10.1. The van der Waals surface area contributed by atoms with Gasteiger partial charge in [-0.25, -0.2) is 4.99 Å². The number of rotatable bonds is 10. The summed E-state index contributed by atoms with van der Waals surface area (Å²) in [4.78, 5) is 18.0. The molecular weight excluding hydrogens is 380 g/mol. The zero-order chi connectivity index (χ0) is 21.8. The summed E-state index contributed by atoms with van der Waals surface area (Å²) in [5.41, 5.74) is 2.72. The molecule has 2 rings (SSSR count). The van der Waals surface area contributed by atoms with E-state index >= 15 is 0 Å². The summed E-state index contributed by atoms with van der Waals surface area (Å²) >= 11 is 0. The van der Waals surface area contributed by atoms with E-state index in [1.54, 1.807) is 31.1 Å². The molecule has 2 aromatic rings. The Morgan fingerprint density at radius 3 is 2.40 bits per heavy atom. The second kappa shape index (κ2) is 12.6. The van der Waals surface area contributed by atoms with Crippen LogP contribution in [0.1, 0.15) is 28.4 Å². The van der Waals surface area contributed by atoms with Crippen LogP contribution in [0.3, 0.4) is 0 Å². The lowest BCUT2D eigenvalue weighted by Crippen LogP contribution is -2.42. The normalized spacial score (nSPS) is 12.3. The van der Waals surface area contributed by atoms with Gasteiger partial charge in [0.05, 0.1) is 25.9 Å². The van der Waals surface area contributed by atoms with Gasteiger partial charge in [-0.2, -0.15) is 0 Å². The van der Waals surface area contributed by atoms with Crippen LogP contribution < -0.4 is 10.6 Å². The van der Waals surface area contributed by atoms with E-state index in [0.717, 1.165) is 11.1 Å². The van der Waals surface area contributed by atoms with E-state index in [9.17, 15) is 9.90 Å². The van der Waals surface area contributed by atoms with Gasteiger partial charge >= 0.3 is 0 Å². The molecule has 1 amide bonds. The summed E-state index contributed by atoms with van der Waals surface area (Å²) in [6.07, 6.45) is -0.645. The number of ether oxygens (including phenoxy) is 1. The Balaban J connectivity index is 1.79. The second-order valence-electron chi connectivity index (χ2n) is 7.13. The van der Waals surface area contributed by atoms with Crippen LogP contribution in [0, 0.1) is 0 Å². The molecule has 0 radical (unpaired) electrons. The molecule has 30 heavy (non-hydrogen) atoms. The van der Waals surface area contributed by atoms with Gasteiger partial charge in [0.1, 0.15) is 0 Å². The van der Waals surface area contributed by atoms with Gasteiger partial charge in [-0.3, -0.25) is 4.79 Å². The van der Waals surface area contributed by atoms with Gasteiger partial charge in [-0.15, -0.1) is 0 Å². The van der Waals surface area contributed by atoms with E-state index in [2.05, 4.69) is 15.6 Å². The molecule has 7 heteroatoms. The van der Waals surface area contributed by atoms with Crippen molar-refractivity contribution in [3.63, 3.8) is 0 Å². The zero-order valence-electron chi connectivity index (χ0n) is 18.0. The molecule has 0 aliphatic rings. The van der Waals surface area contributed by atoms with E-state index in [4.69, 9.17) is 4.74 Å². The maximum Gasteiger partial charge on any atom is 0.253 e. The lowest BCUT2D eigenvalue weighted by Gasteiger charge is -2.15. The molecule has 0 saturated heterocycles. The summed E-state index contributed by atoms with van der Waals surface area (Å²) in [7, 11) is 3.46. The van der Waals surface area contributed by atoms with E-state index in [-0.39, 0.29) is 12.5 Å². The van der Waals surface area contributed by atoms with Crippen molar-refractivity contribution >= 4 is 11.9 Å². The predicted molar refractivity (Wildman–Crippen MR) is 119 cm³/mol. The first-order valence-corrected chi connectivity index (χ1v) is 10.1. The molecule has 2 aromatic carbocycles. The number of carbonyl (C=O) groups is 1. The van der Waals surface area contributed by atoms with Crippen LogP contribution in [-0.2, 0) is 17.9 Å². The van der Waals surface area contributed by atoms with Crippen LogP contribution in [0.15, 0.2) is 59.6 Å². The molecule has 0 aliphatic heterocycles. The number of carbonyl (C=O) groups excluding carboxylic acids is 1. The highest BCUT2D eigenvalue weighted by Crippen LogP contribution is 2.07. The molecule has 7 nitrogen and oxygen atoms in total. The van der Waals surface area contributed by atoms with Crippen LogP contribution in [0.4, 0.5) is 0 Å². The fraction of sp³-hybridized carbons (Fsp3) is 0.391. The highest BCUT2D eigenvalue weighted by atomic mass is 16.5. The van der Waals surface area contributed by atoms with Gasteiger partial charge in [-0.05, 0) is 30.2 Å². The minimum atomic E-state index is -0.645.